The second kappa shape index (κ2) is 3.48. The molecule has 3 rings (SSSR count). The fourth-order valence-corrected chi connectivity index (χ4v) is 2.35. The molecule has 0 atom stereocenters. The first-order chi connectivity index (χ1) is 7.45. The first kappa shape index (κ1) is 8.62. The molecular formula is C13H9NS. The fourth-order valence-electron chi connectivity index (χ4n) is 1.79. The van der Waals surface area contributed by atoms with Gasteiger partial charge in [-0.05, 0) is 10.8 Å². The number of aromatic nitrogens is 1. The summed E-state index contributed by atoms with van der Waals surface area (Å²) in [5, 5.41) is 4.62. The van der Waals surface area contributed by atoms with Crippen LogP contribution in [0.25, 0.3) is 22.0 Å². The van der Waals surface area contributed by atoms with Crippen LogP contribution in [0, 0.1) is 0 Å². The second-order valence-corrected chi connectivity index (χ2v) is 4.12. The van der Waals surface area contributed by atoms with Crippen LogP contribution in [0.3, 0.4) is 0 Å². The normalized spacial score (nSPS) is 10.7. The van der Waals surface area contributed by atoms with Crippen molar-refractivity contribution in [2.45, 2.75) is 0 Å². The SMILES string of the molecule is c1ccc2c(-c3cscn3)cccc2c1. The van der Waals surface area contributed by atoms with Gasteiger partial charge in [0, 0.05) is 10.9 Å². The van der Waals surface area contributed by atoms with Gasteiger partial charge in [-0.15, -0.1) is 11.3 Å². The van der Waals surface area contributed by atoms with Gasteiger partial charge >= 0.3 is 0 Å². The number of rotatable bonds is 1. The maximum atomic E-state index is 4.36. The molecule has 2 aromatic carbocycles. The van der Waals surface area contributed by atoms with Gasteiger partial charge < -0.3 is 0 Å². The minimum absolute atomic E-state index is 1.07. The average molecular weight is 211 g/mol. The lowest BCUT2D eigenvalue weighted by Crippen LogP contribution is -1.80. The van der Waals surface area contributed by atoms with Crippen LogP contribution >= 0.6 is 11.3 Å². The van der Waals surface area contributed by atoms with E-state index in [-0.39, 0.29) is 0 Å². The third-order valence-electron chi connectivity index (χ3n) is 2.50. The van der Waals surface area contributed by atoms with Crippen molar-refractivity contribution in [1.29, 1.82) is 0 Å². The predicted octanol–water partition coefficient (Wildman–Crippen LogP) is 3.96. The molecule has 0 N–H and O–H groups in total. The van der Waals surface area contributed by atoms with Crippen molar-refractivity contribution in [3.05, 3.63) is 53.4 Å². The Kier molecular flexibility index (Phi) is 2.00. The zero-order valence-electron chi connectivity index (χ0n) is 8.05. The highest BCUT2D eigenvalue weighted by Gasteiger charge is 2.03. The summed E-state index contributed by atoms with van der Waals surface area (Å²) in [5.74, 6) is 0. The van der Waals surface area contributed by atoms with Gasteiger partial charge in [-0.1, -0.05) is 42.5 Å². The maximum Gasteiger partial charge on any atom is 0.0817 e. The van der Waals surface area contributed by atoms with E-state index >= 15 is 0 Å². The number of benzene rings is 2. The highest BCUT2D eigenvalue weighted by atomic mass is 32.1. The van der Waals surface area contributed by atoms with Crippen LogP contribution in [-0.4, -0.2) is 4.98 Å². The first-order valence-electron chi connectivity index (χ1n) is 4.81. The van der Waals surface area contributed by atoms with Crippen molar-refractivity contribution >= 4 is 22.1 Å². The maximum absolute atomic E-state index is 4.36. The summed E-state index contributed by atoms with van der Waals surface area (Å²) in [6.45, 7) is 0. The summed E-state index contributed by atoms with van der Waals surface area (Å²) in [6, 6.07) is 14.7. The van der Waals surface area contributed by atoms with E-state index in [1.807, 2.05) is 5.51 Å². The first-order valence-corrected chi connectivity index (χ1v) is 5.76. The van der Waals surface area contributed by atoms with Crippen LogP contribution in [0.1, 0.15) is 0 Å². The van der Waals surface area contributed by atoms with Gasteiger partial charge in [-0.3, -0.25) is 0 Å². The van der Waals surface area contributed by atoms with Crippen molar-refractivity contribution in [2.75, 3.05) is 0 Å². The average Bonchev–Trinajstić information content (AvgIpc) is 2.82. The lowest BCUT2D eigenvalue weighted by Gasteiger charge is -2.02. The molecule has 0 amide bonds. The van der Waals surface area contributed by atoms with Crippen molar-refractivity contribution in [1.82, 2.24) is 4.98 Å². The third-order valence-corrected chi connectivity index (χ3v) is 3.08. The van der Waals surface area contributed by atoms with E-state index in [1.54, 1.807) is 11.3 Å². The number of hydrogen-bond acceptors (Lipinski definition) is 2. The Hall–Kier alpha value is -1.67. The standard InChI is InChI=1S/C13H9NS/c1-2-6-11-10(4-1)5-3-7-12(11)13-8-15-9-14-13/h1-9H. The Morgan fingerprint density at radius 3 is 2.67 bits per heavy atom. The molecular weight excluding hydrogens is 202 g/mol. The van der Waals surface area contributed by atoms with Crippen LogP contribution in [0.15, 0.2) is 53.4 Å². The monoisotopic (exact) mass is 211 g/mol. The van der Waals surface area contributed by atoms with E-state index in [2.05, 4.69) is 52.8 Å². The molecule has 1 heterocycles. The zero-order chi connectivity index (χ0) is 10.1. The largest absolute Gasteiger partial charge is 0.245 e. The Labute approximate surface area is 92.0 Å². The minimum atomic E-state index is 1.07. The Bertz CT molecular complexity index is 579. The fraction of sp³-hybridized carbons (Fsp3) is 0. The van der Waals surface area contributed by atoms with Crippen molar-refractivity contribution in [2.24, 2.45) is 0 Å². The van der Waals surface area contributed by atoms with E-state index in [0.717, 1.165) is 5.69 Å². The van der Waals surface area contributed by atoms with Gasteiger partial charge in [0.1, 0.15) is 0 Å². The summed E-state index contributed by atoms with van der Waals surface area (Å²) < 4.78 is 0. The van der Waals surface area contributed by atoms with Crippen LogP contribution in [0.4, 0.5) is 0 Å². The van der Waals surface area contributed by atoms with Gasteiger partial charge in [0.25, 0.3) is 0 Å². The van der Waals surface area contributed by atoms with E-state index in [1.165, 1.54) is 16.3 Å². The van der Waals surface area contributed by atoms with Gasteiger partial charge in [0.05, 0.1) is 11.2 Å². The van der Waals surface area contributed by atoms with E-state index < -0.39 is 0 Å². The molecule has 0 bridgehead atoms. The Morgan fingerprint density at radius 1 is 0.933 bits per heavy atom. The Morgan fingerprint density at radius 2 is 1.80 bits per heavy atom. The van der Waals surface area contributed by atoms with E-state index in [4.69, 9.17) is 0 Å². The quantitative estimate of drug-likeness (QED) is 0.593. The van der Waals surface area contributed by atoms with Crippen LogP contribution in [0.5, 0.6) is 0 Å². The predicted molar refractivity (Wildman–Crippen MR) is 65.1 cm³/mol. The lowest BCUT2D eigenvalue weighted by molar-refractivity contribution is 1.42. The molecule has 0 saturated heterocycles. The molecule has 0 fully saturated rings. The zero-order valence-corrected chi connectivity index (χ0v) is 8.87. The molecule has 0 aliphatic carbocycles. The molecule has 1 aromatic heterocycles. The summed E-state index contributed by atoms with van der Waals surface area (Å²) in [7, 11) is 0. The van der Waals surface area contributed by atoms with Gasteiger partial charge in [-0.25, -0.2) is 4.98 Å². The number of hydrogen-bond donors (Lipinski definition) is 0. The molecule has 2 heteroatoms. The molecule has 15 heavy (non-hydrogen) atoms. The van der Waals surface area contributed by atoms with E-state index in [0.29, 0.717) is 0 Å². The van der Waals surface area contributed by atoms with Gasteiger partial charge in [0.15, 0.2) is 0 Å². The number of nitrogens with zero attached hydrogens (tertiary/aromatic N) is 1. The summed E-state index contributed by atoms with van der Waals surface area (Å²) in [6.07, 6.45) is 0. The molecule has 0 aliphatic rings. The topological polar surface area (TPSA) is 12.9 Å². The molecule has 0 radical (unpaired) electrons. The Balaban J connectivity index is 2.36. The molecule has 0 spiro atoms. The second-order valence-electron chi connectivity index (χ2n) is 3.40. The van der Waals surface area contributed by atoms with Crippen LogP contribution in [-0.2, 0) is 0 Å². The smallest absolute Gasteiger partial charge is 0.0817 e. The summed E-state index contributed by atoms with van der Waals surface area (Å²) in [5.41, 5.74) is 4.16. The molecule has 72 valence electrons. The molecule has 0 aliphatic heterocycles. The highest BCUT2D eigenvalue weighted by molar-refractivity contribution is 7.07. The van der Waals surface area contributed by atoms with Gasteiger partial charge in [0.2, 0.25) is 0 Å². The van der Waals surface area contributed by atoms with Gasteiger partial charge in [-0.2, -0.15) is 0 Å². The van der Waals surface area contributed by atoms with Crippen molar-refractivity contribution in [3.63, 3.8) is 0 Å². The molecule has 0 saturated carbocycles. The molecule has 1 nitrogen and oxygen atoms in total. The minimum Gasteiger partial charge on any atom is -0.245 e. The van der Waals surface area contributed by atoms with Crippen LogP contribution in [0.2, 0.25) is 0 Å². The highest BCUT2D eigenvalue weighted by Crippen LogP contribution is 2.27. The molecule has 0 unspecified atom stereocenters. The third kappa shape index (κ3) is 1.43. The van der Waals surface area contributed by atoms with E-state index in [9.17, 15) is 0 Å². The lowest BCUT2D eigenvalue weighted by atomic mass is 10.0. The number of fused-ring (bicyclic) bond motifs is 1. The summed E-state index contributed by atoms with van der Waals surface area (Å²) in [4.78, 5) is 4.36. The molecule has 3 aromatic rings. The van der Waals surface area contributed by atoms with Crippen molar-refractivity contribution in [3.8, 4) is 11.3 Å². The summed E-state index contributed by atoms with van der Waals surface area (Å²) >= 11 is 1.63. The van der Waals surface area contributed by atoms with Crippen molar-refractivity contribution < 1.29 is 0 Å². The number of thiazole rings is 1. The van der Waals surface area contributed by atoms with Crippen LogP contribution < -0.4 is 0 Å².